The van der Waals surface area contributed by atoms with Crippen LogP contribution in [0.25, 0.3) is 11.1 Å². The van der Waals surface area contributed by atoms with Crippen LogP contribution in [-0.2, 0) is 11.2 Å². The zero-order valence-electron chi connectivity index (χ0n) is 18.7. The van der Waals surface area contributed by atoms with E-state index in [9.17, 15) is 9.59 Å². The molecule has 1 fully saturated rings. The Hall–Kier alpha value is -3.88. The van der Waals surface area contributed by atoms with Gasteiger partial charge in [0.05, 0.1) is 5.69 Å². The van der Waals surface area contributed by atoms with Gasteiger partial charge in [-0.2, -0.15) is 0 Å². The van der Waals surface area contributed by atoms with E-state index < -0.39 is 11.9 Å². The van der Waals surface area contributed by atoms with Crippen LogP contribution in [0.4, 0.5) is 5.95 Å². The lowest BCUT2D eigenvalue weighted by Gasteiger charge is -2.31. The van der Waals surface area contributed by atoms with Crippen molar-refractivity contribution >= 4 is 17.8 Å². The van der Waals surface area contributed by atoms with E-state index >= 15 is 0 Å². The molecule has 0 unspecified atom stereocenters. The highest BCUT2D eigenvalue weighted by Crippen LogP contribution is 2.26. The Kier molecular flexibility index (Phi) is 6.58. The number of carbonyl (C=O) groups excluding carboxylic acids is 2. The monoisotopic (exact) mass is 446 g/mol. The van der Waals surface area contributed by atoms with Gasteiger partial charge in [0.2, 0.25) is 5.95 Å². The number of nitrogens with two attached hydrogens (primary N) is 1. The number of nitrogens with zero attached hydrogens (tertiary/aromatic N) is 5. The maximum Gasteiger partial charge on any atom is 0.308 e. The fraction of sp³-hybridized carbons (Fsp3) is 0.333. The van der Waals surface area contributed by atoms with Crippen molar-refractivity contribution in [2.24, 2.45) is 11.7 Å². The summed E-state index contributed by atoms with van der Waals surface area (Å²) >= 11 is 0. The predicted octanol–water partition coefficient (Wildman–Crippen LogP) is 2.73. The van der Waals surface area contributed by atoms with Crippen LogP contribution in [0.1, 0.15) is 41.8 Å². The molecule has 9 heteroatoms. The molecule has 1 amide bonds. The molecule has 1 saturated heterocycles. The summed E-state index contributed by atoms with van der Waals surface area (Å²) in [5.41, 5.74) is 7.90. The minimum atomic E-state index is -0.746. The van der Waals surface area contributed by atoms with Crippen LogP contribution in [0.15, 0.2) is 42.7 Å². The molecule has 3 aromatic rings. The van der Waals surface area contributed by atoms with Crippen molar-refractivity contribution in [3.63, 3.8) is 0 Å². The number of anilines is 1. The molecule has 0 aliphatic carbocycles. The lowest BCUT2D eigenvalue weighted by Crippen LogP contribution is -2.35. The molecule has 33 heavy (non-hydrogen) atoms. The van der Waals surface area contributed by atoms with Crippen molar-refractivity contribution in [2.75, 3.05) is 18.0 Å². The smallest absolute Gasteiger partial charge is 0.308 e. The number of aromatic nitrogens is 4. The van der Waals surface area contributed by atoms with Gasteiger partial charge in [0.25, 0.3) is 5.91 Å². The first kappa shape index (κ1) is 22.3. The third kappa shape index (κ3) is 5.31. The minimum Gasteiger partial charge on any atom is -0.422 e. The summed E-state index contributed by atoms with van der Waals surface area (Å²) in [5, 5.41) is 0. The average Bonchev–Trinajstić information content (AvgIpc) is 2.81. The molecule has 2 aromatic heterocycles. The fourth-order valence-corrected chi connectivity index (χ4v) is 4.00. The molecule has 170 valence electrons. The Bertz CT molecular complexity index is 1140. The molecular weight excluding hydrogens is 420 g/mol. The van der Waals surface area contributed by atoms with Crippen LogP contribution in [0, 0.1) is 12.8 Å². The lowest BCUT2D eigenvalue weighted by atomic mass is 9.93. The van der Waals surface area contributed by atoms with Gasteiger partial charge in [-0.3, -0.25) is 9.59 Å². The largest absolute Gasteiger partial charge is 0.422 e. The normalized spacial score (nSPS) is 14.2. The molecular formula is C24H26N6O3. The van der Waals surface area contributed by atoms with Crippen LogP contribution in [0.5, 0.6) is 5.75 Å². The van der Waals surface area contributed by atoms with Gasteiger partial charge in [0.1, 0.15) is 5.82 Å². The quantitative estimate of drug-likeness (QED) is 0.573. The molecule has 1 aromatic carbocycles. The topological polar surface area (TPSA) is 124 Å². The van der Waals surface area contributed by atoms with Crippen LogP contribution >= 0.6 is 0 Å². The van der Waals surface area contributed by atoms with Crippen molar-refractivity contribution in [1.29, 1.82) is 0 Å². The number of carbonyl (C=O) groups is 2. The van der Waals surface area contributed by atoms with Gasteiger partial charge < -0.3 is 15.4 Å². The van der Waals surface area contributed by atoms with Crippen LogP contribution < -0.4 is 15.4 Å². The first-order valence-electron chi connectivity index (χ1n) is 10.9. The summed E-state index contributed by atoms with van der Waals surface area (Å²) in [4.78, 5) is 43.2. The number of primary amides is 1. The van der Waals surface area contributed by atoms with Crippen LogP contribution in [-0.4, -0.2) is 44.9 Å². The van der Waals surface area contributed by atoms with E-state index in [-0.39, 0.29) is 11.4 Å². The number of rotatable bonds is 6. The number of piperidine rings is 1. The van der Waals surface area contributed by atoms with Crippen molar-refractivity contribution in [3.05, 3.63) is 59.9 Å². The SMILES string of the molecule is CC(=O)Oc1c(C)nc(CC2CCN(c3ncc(-c4ccccc4)cn3)CC2)nc1C(N)=O. The van der Waals surface area contributed by atoms with E-state index in [1.807, 2.05) is 42.7 Å². The van der Waals surface area contributed by atoms with Crippen molar-refractivity contribution in [3.8, 4) is 16.9 Å². The summed E-state index contributed by atoms with van der Waals surface area (Å²) in [6.45, 7) is 4.57. The van der Waals surface area contributed by atoms with Gasteiger partial charge in [0, 0.05) is 44.4 Å². The molecule has 3 heterocycles. The molecule has 1 aliphatic heterocycles. The lowest BCUT2D eigenvalue weighted by molar-refractivity contribution is -0.132. The number of hydrogen-bond donors (Lipinski definition) is 1. The first-order valence-corrected chi connectivity index (χ1v) is 10.9. The van der Waals surface area contributed by atoms with E-state index in [1.54, 1.807) is 6.92 Å². The Balaban J connectivity index is 1.39. The highest BCUT2D eigenvalue weighted by molar-refractivity contribution is 5.94. The highest BCUT2D eigenvalue weighted by Gasteiger charge is 2.24. The van der Waals surface area contributed by atoms with Crippen molar-refractivity contribution in [1.82, 2.24) is 19.9 Å². The van der Waals surface area contributed by atoms with Crippen LogP contribution in [0.3, 0.4) is 0 Å². The summed E-state index contributed by atoms with van der Waals surface area (Å²) in [5.74, 6) is 0.336. The van der Waals surface area contributed by atoms with E-state index in [0.29, 0.717) is 23.9 Å². The van der Waals surface area contributed by atoms with E-state index in [0.717, 1.165) is 43.0 Å². The maximum absolute atomic E-state index is 11.8. The number of benzene rings is 1. The molecule has 0 radical (unpaired) electrons. The number of aryl methyl sites for hydroxylation is 1. The standard InChI is InChI=1S/C24H26N6O3/c1-15-22(33-16(2)31)21(23(25)32)29-20(28-15)12-17-8-10-30(11-9-17)24-26-13-19(14-27-24)18-6-4-3-5-7-18/h3-7,13-14,17H,8-12H2,1-2H3,(H2,25,32). The molecule has 9 nitrogen and oxygen atoms in total. The minimum absolute atomic E-state index is 0.0321. The molecule has 0 atom stereocenters. The average molecular weight is 447 g/mol. The number of ether oxygens (including phenoxy) is 1. The van der Waals surface area contributed by atoms with Crippen molar-refractivity contribution in [2.45, 2.75) is 33.1 Å². The molecule has 1 aliphatic rings. The second-order valence-corrected chi connectivity index (χ2v) is 8.13. The molecule has 0 spiro atoms. The molecule has 4 rings (SSSR count). The Morgan fingerprint density at radius 2 is 1.73 bits per heavy atom. The van der Waals surface area contributed by atoms with Gasteiger partial charge >= 0.3 is 5.97 Å². The predicted molar refractivity (Wildman–Crippen MR) is 123 cm³/mol. The highest BCUT2D eigenvalue weighted by atomic mass is 16.5. The van der Waals surface area contributed by atoms with Gasteiger partial charge in [-0.05, 0) is 31.2 Å². The Morgan fingerprint density at radius 3 is 2.33 bits per heavy atom. The van der Waals surface area contributed by atoms with Gasteiger partial charge in [-0.25, -0.2) is 19.9 Å². The van der Waals surface area contributed by atoms with Gasteiger partial charge in [0.15, 0.2) is 11.4 Å². The third-order valence-corrected chi connectivity index (χ3v) is 5.67. The second kappa shape index (κ2) is 9.72. The second-order valence-electron chi connectivity index (χ2n) is 8.13. The molecule has 0 saturated carbocycles. The molecule has 2 N–H and O–H groups in total. The zero-order valence-corrected chi connectivity index (χ0v) is 18.7. The van der Waals surface area contributed by atoms with Crippen molar-refractivity contribution < 1.29 is 14.3 Å². The number of hydrogen-bond acceptors (Lipinski definition) is 8. The third-order valence-electron chi connectivity index (χ3n) is 5.67. The van der Waals surface area contributed by atoms with Crippen LogP contribution in [0.2, 0.25) is 0 Å². The summed E-state index contributed by atoms with van der Waals surface area (Å²) in [7, 11) is 0. The first-order chi connectivity index (χ1) is 15.9. The number of esters is 1. The summed E-state index contributed by atoms with van der Waals surface area (Å²) in [6.07, 6.45) is 6.17. The fourth-order valence-electron chi connectivity index (χ4n) is 4.00. The molecule has 0 bridgehead atoms. The summed E-state index contributed by atoms with van der Waals surface area (Å²) < 4.78 is 5.10. The maximum atomic E-state index is 11.8. The summed E-state index contributed by atoms with van der Waals surface area (Å²) in [6, 6.07) is 10.1. The Morgan fingerprint density at radius 1 is 1.06 bits per heavy atom. The van der Waals surface area contributed by atoms with Gasteiger partial charge in [-0.15, -0.1) is 0 Å². The van der Waals surface area contributed by atoms with E-state index in [1.165, 1.54) is 6.92 Å². The van der Waals surface area contributed by atoms with E-state index in [2.05, 4.69) is 24.8 Å². The van der Waals surface area contributed by atoms with E-state index in [4.69, 9.17) is 10.5 Å². The van der Waals surface area contributed by atoms with Gasteiger partial charge in [-0.1, -0.05) is 30.3 Å². The number of amides is 1. The zero-order chi connectivity index (χ0) is 23.4. The Labute approximate surface area is 192 Å².